The van der Waals surface area contributed by atoms with Crippen molar-refractivity contribution in [3.8, 4) is 0 Å². The summed E-state index contributed by atoms with van der Waals surface area (Å²) in [6, 6.07) is 12.6. The summed E-state index contributed by atoms with van der Waals surface area (Å²) in [4.78, 5) is 20.3. The second kappa shape index (κ2) is 7.74. The molecule has 0 unspecified atom stereocenters. The number of hydrogen-bond donors (Lipinski definition) is 0. The van der Waals surface area contributed by atoms with Gasteiger partial charge in [-0.15, -0.1) is 0 Å². The normalized spacial score (nSPS) is 14.0. The molecule has 0 saturated heterocycles. The fraction of sp³-hybridized carbons (Fsp3) is 0.435. The molecule has 4 rings (SSSR count). The van der Waals surface area contributed by atoms with Crippen molar-refractivity contribution < 1.29 is 4.79 Å². The van der Waals surface area contributed by atoms with Gasteiger partial charge in [-0.25, -0.2) is 9.67 Å². The molecule has 0 bridgehead atoms. The van der Waals surface area contributed by atoms with Crippen molar-refractivity contribution >= 4 is 16.9 Å². The average molecular weight is 377 g/mol. The molecule has 1 amide bonds. The van der Waals surface area contributed by atoms with Gasteiger partial charge < -0.3 is 4.90 Å². The molecule has 0 aliphatic heterocycles. The first-order chi connectivity index (χ1) is 13.6. The third-order valence-corrected chi connectivity index (χ3v) is 5.48. The SMILES string of the molecule is CCN(CCc1ccccc1)C(=O)c1cc(C2CC2)nc2c1cnn2C(C)C. The van der Waals surface area contributed by atoms with E-state index in [1.165, 1.54) is 5.56 Å². The molecule has 0 atom stereocenters. The predicted molar refractivity (Wildman–Crippen MR) is 112 cm³/mol. The van der Waals surface area contributed by atoms with Crippen molar-refractivity contribution in [2.75, 3.05) is 13.1 Å². The number of amides is 1. The van der Waals surface area contributed by atoms with Crippen molar-refractivity contribution in [2.45, 2.75) is 52.0 Å². The molecule has 1 aliphatic rings. The van der Waals surface area contributed by atoms with Crippen molar-refractivity contribution in [1.82, 2.24) is 19.7 Å². The highest BCUT2D eigenvalue weighted by Gasteiger charge is 2.29. The zero-order valence-corrected chi connectivity index (χ0v) is 16.9. The molecule has 5 nitrogen and oxygen atoms in total. The van der Waals surface area contributed by atoms with E-state index in [4.69, 9.17) is 4.98 Å². The molecule has 28 heavy (non-hydrogen) atoms. The van der Waals surface area contributed by atoms with Gasteiger partial charge >= 0.3 is 0 Å². The summed E-state index contributed by atoms with van der Waals surface area (Å²) in [5.74, 6) is 0.571. The molecule has 2 aromatic heterocycles. The molecular weight excluding hydrogens is 348 g/mol. The van der Waals surface area contributed by atoms with Gasteiger partial charge in [-0.2, -0.15) is 5.10 Å². The van der Waals surface area contributed by atoms with Gasteiger partial charge in [0.1, 0.15) is 0 Å². The molecule has 0 spiro atoms. The topological polar surface area (TPSA) is 51.0 Å². The summed E-state index contributed by atoms with van der Waals surface area (Å²) in [5, 5.41) is 5.38. The Hall–Kier alpha value is -2.69. The molecule has 0 radical (unpaired) electrons. The summed E-state index contributed by atoms with van der Waals surface area (Å²) in [6.07, 6.45) is 4.98. The highest BCUT2D eigenvalue weighted by atomic mass is 16.2. The third-order valence-electron chi connectivity index (χ3n) is 5.48. The van der Waals surface area contributed by atoms with Gasteiger partial charge in [-0.3, -0.25) is 4.79 Å². The number of nitrogens with zero attached hydrogens (tertiary/aromatic N) is 4. The zero-order chi connectivity index (χ0) is 19.7. The summed E-state index contributed by atoms with van der Waals surface area (Å²) in [7, 11) is 0. The van der Waals surface area contributed by atoms with Gasteiger partial charge in [0.05, 0.1) is 17.1 Å². The van der Waals surface area contributed by atoms with E-state index < -0.39 is 0 Å². The maximum Gasteiger partial charge on any atom is 0.254 e. The number of benzene rings is 1. The van der Waals surface area contributed by atoms with E-state index in [0.717, 1.165) is 41.6 Å². The first-order valence-electron chi connectivity index (χ1n) is 10.3. The Labute approximate surface area is 166 Å². The van der Waals surface area contributed by atoms with Crippen LogP contribution in [0.5, 0.6) is 0 Å². The average Bonchev–Trinajstić information content (AvgIpc) is 3.47. The molecular formula is C23H28N4O. The van der Waals surface area contributed by atoms with Gasteiger partial charge in [0, 0.05) is 30.7 Å². The Kier molecular flexibility index (Phi) is 5.16. The standard InChI is InChI=1S/C23H28N4O/c1-4-26(13-12-17-8-6-5-7-9-17)23(28)19-14-21(18-10-11-18)25-22-20(19)15-24-27(22)16(2)3/h5-9,14-16,18H,4,10-13H2,1-3H3. The molecule has 146 valence electrons. The first kappa shape index (κ1) is 18.7. The molecule has 1 aliphatic carbocycles. The van der Waals surface area contributed by atoms with Crippen LogP contribution < -0.4 is 0 Å². The maximum absolute atomic E-state index is 13.4. The van der Waals surface area contributed by atoms with Crippen molar-refractivity contribution in [3.63, 3.8) is 0 Å². The zero-order valence-electron chi connectivity index (χ0n) is 16.9. The minimum absolute atomic E-state index is 0.0797. The van der Waals surface area contributed by atoms with Crippen molar-refractivity contribution in [2.24, 2.45) is 0 Å². The third kappa shape index (κ3) is 3.66. The van der Waals surface area contributed by atoms with E-state index in [2.05, 4.69) is 31.1 Å². The summed E-state index contributed by atoms with van der Waals surface area (Å²) in [5.41, 5.74) is 3.87. The molecule has 3 aromatic rings. The highest BCUT2D eigenvalue weighted by Crippen LogP contribution is 2.40. The van der Waals surface area contributed by atoms with E-state index in [0.29, 0.717) is 19.0 Å². The Morgan fingerprint density at radius 2 is 2.00 bits per heavy atom. The van der Waals surface area contributed by atoms with Crippen LogP contribution >= 0.6 is 0 Å². The fourth-order valence-corrected chi connectivity index (χ4v) is 3.66. The van der Waals surface area contributed by atoms with Gasteiger partial charge in [-0.1, -0.05) is 30.3 Å². The largest absolute Gasteiger partial charge is 0.339 e. The molecule has 0 N–H and O–H groups in total. The number of rotatable bonds is 7. The highest BCUT2D eigenvalue weighted by molar-refractivity contribution is 6.05. The molecule has 1 saturated carbocycles. The van der Waals surface area contributed by atoms with Crippen LogP contribution in [0, 0.1) is 0 Å². The Bertz CT molecular complexity index is 973. The number of carbonyl (C=O) groups is 1. The van der Waals surface area contributed by atoms with Crippen molar-refractivity contribution in [3.05, 3.63) is 59.4 Å². The van der Waals surface area contributed by atoms with E-state index in [1.807, 2.05) is 40.8 Å². The van der Waals surface area contributed by atoms with E-state index in [9.17, 15) is 4.79 Å². The second-order valence-corrected chi connectivity index (χ2v) is 7.91. The van der Waals surface area contributed by atoms with Crippen LogP contribution in [-0.4, -0.2) is 38.7 Å². The number of aromatic nitrogens is 3. The quantitative estimate of drug-likeness (QED) is 0.606. The summed E-state index contributed by atoms with van der Waals surface area (Å²) < 4.78 is 1.93. The van der Waals surface area contributed by atoms with Gasteiger partial charge in [0.15, 0.2) is 5.65 Å². The summed E-state index contributed by atoms with van der Waals surface area (Å²) >= 11 is 0. The van der Waals surface area contributed by atoms with Gasteiger partial charge in [0.25, 0.3) is 5.91 Å². The minimum Gasteiger partial charge on any atom is -0.339 e. The smallest absolute Gasteiger partial charge is 0.254 e. The van der Waals surface area contributed by atoms with Crippen LogP contribution in [0.2, 0.25) is 0 Å². The first-order valence-corrected chi connectivity index (χ1v) is 10.3. The van der Waals surface area contributed by atoms with E-state index in [-0.39, 0.29) is 11.9 Å². The lowest BCUT2D eigenvalue weighted by Crippen LogP contribution is -2.33. The van der Waals surface area contributed by atoms with Gasteiger partial charge in [0.2, 0.25) is 0 Å². The molecule has 5 heteroatoms. The fourth-order valence-electron chi connectivity index (χ4n) is 3.66. The van der Waals surface area contributed by atoms with Crippen LogP contribution in [-0.2, 0) is 6.42 Å². The molecule has 2 heterocycles. The van der Waals surface area contributed by atoms with Crippen molar-refractivity contribution in [1.29, 1.82) is 0 Å². The maximum atomic E-state index is 13.4. The van der Waals surface area contributed by atoms with Gasteiger partial charge in [-0.05, 0) is 51.7 Å². The lowest BCUT2D eigenvalue weighted by atomic mass is 10.1. The van der Waals surface area contributed by atoms with Crippen LogP contribution in [0.4, 0.5) is 0 Å². The summed E-state index contributed by atoms with van der Waals surface area (Å²) in [6.45, 7) is 7.63. The van der Waals surface area contributed by atoms with Crippen LogP contribution in [0.15, 0.2) is 42.6 Å². The Morgan fingerprint density at radius 3 is 2.64 bits per heavy atom. The number of carbonyl (C=O) groups excluding carboxylic acids is 1. The second-order valence-electron chi connectivity index (χ2n) is 7.91. The number of fused-ring (bicyclic) bond motifs is 1. The van der Waals surface area contributed by atoms with Crippen LogP contribution in [0.25, 0.3) is 11.0 Å². The van der Waals surface area contributed by atoms with E-state index >= 15 is 0 Å². The lowest BCUT2D eigenvalue weighted by Gasteiger charge is -2.22. The molecule has 1 aromatic carbocycles. The van der Waals surface area contributed by atoms with Crippen LogP contribution in [0.3, 0.4) is 0 Å². The Balaban J connectivity index is 1.66. The van der Waals surface area contributed by atoms with E-state index in [1.54, 1.807) is 6.20 Å². The Morgan fingerprint density at radius 1 is 1.25 bits per heavy atom. The number of pyridine rings is 1. The minimum atomic E-state index is 0.0797. The monoisotopic (exact) mass is 376 g/mol. The predicted octanol–water partition coefficient (Wildman–Crippen LogP) is 4.59. The van der Waals surface area contributed by atoms with Crippen LogP contribution in [0.1, 0.15) is 67.2 Å². The molecule has 1 fully saturated rings. The number of likely N-dealkylation sites (N-methyl/N-ethyl adjacent to an activating group) is 1. The lowest BCUT2D eigenvalue weighted by molar-refractivity contribution is 0.0768. The number of hydrogen-bond acceptors (Lipinski definition) is 3.